The molecular formula is C31H26N2O7S. The van der Waals surface area contributed by atoms with Gasteiger partial charge in [-0.2, -0.15) is 0 Å². The molecule has 9 nitrogen and oxygen atoms in total. The fourth-order valence-corrected chi connectivity index (χ4v) is 5.98. The van der Waals surface area contributed by atoms with Crippen molar-refractivity contribution in [3.05, 3.63) is 89.4 Å². The number of hydrogen-bond donors (Lipinski definition) is 1. The molecule has 3 aromatic carbocycles. The number of aliphatic hydroxyl groups is 1. The van der Waals surface area contributed by atoms with E-state index < -0.39 is 23.5 Å². The average molecular weight is 571 g/mol. The van der Waals surface area contributed by atoms with Gasteiger partial charge in [-0.15, -0.1) is 0 Å². The van der Waals surface area contributed by atoms with Crippen LogP contribution >= 0.6 is 11.3 Å². The van der Waals surface area contributed by atoms with Crippen molar-refractivity contribution in [1.82, 2.24) is 4.98 Å². The Morgan fingerprint density at radius 2 is 1.83 bits per heavy atom. The lowest BCUT2D eigenvalue weighted by Gasteiger charge is -2.25. The molecule has 41 heavy (non-hydrogen) atoms. The quantitative estimate of drug-likeness (QED) is 0.197. The van der Waals surface area contributed by atoms with Crippen LogP contribution in [0, 0.1) is 0 Å². The van der Waals surface area contributed by atoms with Crippen molar-refractivity contribution in [1.29, 1.82) is 0 Å². The number of hydrogen-bond acceptors (Lipinski definition) is 9. The second kappa shape index (κ2) is 10.6. The van der Waals surface area contributed by atoms with E-state index in [9.17, 15) is 14.7 Å². The number of carbonyl (C=O) groups excluding carboxylic acids is 2. The van der Waals surface area contributed by atoms with Gasteiger partial charge >= 0.3 is 0 Å². The number of furan rings is 1. The molecule has 0 saturated heterocycles. The molecule has 1 N–H and O–H groups in total. The lowest BCUT2D eigenvalue weighted by molar-refractivity contribution is -0.117. The molecule has 3 heterocycles. The molecule has 2 aromatic heterocycles. The lowest BCUT2D eigenvalue weighted by Crippen LogP contribution is -2.31. The molecule has 6 rings (SSSR count). The van der Waals surface area contributed by atoms with Crippen molar-refractivity contribution < 1.29 is 33.3 Å². The molecule has 0 spiro atoms. The minimum Gasteiger partial charge on any atom is -0.503 e. The van der Waals surface area contributed by atoms with Crippen LogP contribution in [-0.4, -0.2) is 42.1 Å². The first-order valence-corrected chi connectivity index (χ1v) is 13.9. The Morgan fingerprint density at radius 1 is 1.02 bits per heavy atom. The average Bonchev–Trinajstić information content (AvgIpc) is 3.67. The summed E-state index contributed by atoms with van der Waals surface area (Å²) < 4.78 is 23.5. The summed E-state index contributed by atoms with van der Waals surface area (Å²) in [5.74, 6) is -0.393. The molecule has 5 aromatic rings. The number of ether oxygens (including phenoxy) is 3. The van der Waals surface area contributed by atoms with E-state index in [-0.39, 0.29) is 11.3 Å². The molecule has 208 valence electrons. The maximum Gasteiger partial charge on any atom is 0.296 e. The number of amides is 1. The van der Waals surface area contributed by atoms with Crippen LogP contribution in [0.5, 0.6) is 17.2 Å². The standard InChI is InChI=1S/C31H26N2O7S/c1-4-38-19-11-12-20-25(16-19)41-31(32-20)33-27(18-10-13-22(39-5-2)23(15-18)37-3)26(29(35)30(33)36)28(34)24-14-17-8-6-7-9-21(17)40-24/h6-16,27,35H,4-5H2,1-3H3. The molecule has 0 fully saturated rings. The van der Waals surface area contributed by atoms with Crippen molar-refractivity contribution in [3.63, 3.8) is 0 Å². The summed E-state index contributed by atoms with van der Waals surface area (Å²) in [6, 6.07) is 18.4. The topological polar surface area (TPSA) is 111 Å². The number of Topliss-reactive ketones (excluding diaryl/α,β-unsaturated/α-hetero) is 1. The monoisotopic (exact) mass is 570 g/mol. The summed E-state index contributed by atoms with van der Waals surface area (Å²) in [6.45, 7) is 4.69. The predicted molar refractivity (Wildman–Crippen MR) is 155 cm³/mol. The van der Waals surface area contributed by atoms with Gasteiger partial charge in [-0.25, -0.2) is 4.98 Å². The highest BCUT2D eigenvalue weighted by Gasteiger charge is 2.47. The zero-order valence-corrected chi connectivity index (χ0v) is 23.4. The van der Waals surface area contributed by atoms with Gasteiger partial charge in [0.05, 0.1) is 42.2 Å². The van der Waals surface area contributed by atoms with Crippen molar-refractivity contribution in [2.24, 2.45) is 0 Å². The fourth-order valence-electron chi connectivity index (χ4n) is 4.96. The zero-order valence-electron chi connectivity index (χ0n) is 22.5. The first-order valence-electron chi connectivity index (χ1n) is 13.1. The molecule has 1 atom stereocenters. The van der Waals surface area contributed by atoms with Crippen molar-refractivity contribution in [2.45, 2.75) is 19.9 Å². The van der Waals surface area contributed by atoms with Crippen molar-refractivity contribution in [2.75, 3.05) is 25.2 Å². The van der Waals surface area contributed by atoms with Crippen LogP contribution in [-0.2, 0) is 4.79 Å². The zero-order chi connectivity index (χ0) is 28.7. The Kier molecular flexibility index (Phi) is 6.84. The largest absolute Gasteiger partial charge is 0.503 e. The van der Waals surface area contributed by atoms with Crippen LogP contribution in [0.3, 0.4) is 0 Å². The third kappa shape index (κ3) is 4.55. The van der Waals surface area contributed by atoms with E-state index in [2.05, 4.69) is 4.98 Å². The van der Waals surface area contributed by atoms with E-state index in [0.29, 0.717) is 52.3 Å². The number of fused-ring (bicyclic) bond motifs is 2. The molecule has 1 unspecified atom stereocenters. The molecular weight excluding hydrogens is 544 g/mol. The number of nitrogens with zero attached hydrogens (tertiary/aromatic N) is 2. The first-order chi connectivity index (χ1) is 19.9. The number of para-hydroxylation sites is 1. The summed E-state index contributed by atoms with van der Waals surface area (Å²) in [6.07, 6.45) is 0. The van der Waals surface area contributed by atoms with Crippen LogP contribution in [0.25, 0.3) is 21.2 Å². The third-order valence-electron chi connectivity index (χ3n) is 6.77. The molecule has 0 bridgehead atoms. The van der Waals surface area contributed by atoms with Gasteiger partial charge in [0.15, 0.2) is 28.1 Å². The van der Waals surface area contributed by atoms with Crippen LogP contribution in [0.1, 0.15) is 36.0 Å². The van der Waals surface area contributed by atoms with Crippen molar-refractivity contribution in [3.8, 4) is 17.2 Å². The second-order valence-corrected chi connectivity index (χ2v) is 10.2. The Labute approximate surface area is 239 Å². The van der Waals surface area contributed by atoms with E-state index in [0.717, 1.165) is 10.1 Å². The van der Waals surface area contributed by atoms with E-state index in [1.807, 2.05) is 44.2 Å². The van der Waals surface area contributed by atoms with E-state index in [1.165, 1.54) is 23.3 Å². The highest BCUT2D eigenvalue weighted by atomic mass is 32.1. The summed E-state index contributed by atoms with van der Waals surface area (Å²) in [7, 11) is 1.51. The number of benzene rings is 3. The molecule has 1 aliphatic heterocycles. The van der Waals surface area contributed by atoms with Gasteiger partial charge in [0, 0.05) is 5.39 Å². The number of aromatic nitrogens is 1. The molecule has 10 heteroatoms. The van der Waals surface area contributed by atoms with Gasteiger partial charge in [-0.3, -0.25) is 14.5 Å². The van der Waals surface area contributed by atoms with Gasteiger partial charge in [0.25, 0.3) is 5.91 Å². The maximum atomic E-state index is 14.0. The third-order valence-corrected chi connectivity index (χ3v) is 7.79. The lowest BCUT2D eigenvalue weighted by atomic mass is 9.95. The number of carbonyl (C=O) groups is 2. The van der Waals surface area contributed by atoms with E-state index in [1.54, 1.807) is 36.4 Å². The van der Waals surface area contributed by atoms with Gasteiger partial charge in [0.1, 0.15) is 11.3 Å². The number of rotatable bonds is 9. The fraction of sp³-hybridized carbons (Fsp3) is 0.194. The maximum absolute atomic E-state index is 14.0. The van der Waals surface area contributed by atoms with Crippen LogP contribution in [0.4, 0.5) is 5.13 Å². The highest BCUT2D eigenvalue weighted by Crippen LogP contribution is 2.46. The minimum atomic E-state index is -1.01. The normalized spacial score (nSPS) is 15.2. The minimum absolute atomic E-state index is 0.0101. The van der Waals surface area contributed by atoms with Gasteiger partial charge < -0.3 is 23.7 Å². The Balaban J connectivity index is 1.50. The van der Waals surface area contributed by atoms with Crippen LogP contribution < -0.4 is 19.1 Å². The smallest absolute Gasteiger partial charge is 0.296 e. The predicted octanol–water partition coefficient (Wildman–Crippen LogP) is 6.63. The SMILES string of the molecule is CCOc1ccc2nc(N3C(=O)C(O)=C(C(=O)c4cc5ccccc5o4)C3c3ccc(OCC)c(OC)c3)sc2c1. The Bertz CT molecular complexity index is 1800. The van der Waals surface area contributed by atoms with Crippen LogP contribution in [0.15, 0.2) is 82.5 Å². The van der Waals surface area contributed by atoms with E-state index in [4.69, 9.17) is 18.6 Å². The number of methoxy groups -OCH3 is 1. The number of anilines is 1. The molecule has 0 radical (unpaired) electrons. The van der Waals surface area contributed by atoms with Gasteiger partial charge in [-0.1, -0.05) is 35.6 Å². The van der Waals surface area contributed by atoms with Crippen LogP contribution in [0.2, 0.25) is 0 Å². The summed E-state index contributed by atoms with van der Waals surface area (Å²) in [4.78, 5) is 33.7. The summed E-state index contributed by atoms with van der Waals surface area (Å²) in [5, 5.41) is 12.3. The van der Waals surface area contributed by atoms with Crippen molar-refractivity contribution >= 4 is 49.3 Å². The number of ketones is 1. The van der Waals surface area contributed by atoms with Gasteiger partial charge in [0.2, 0.25) is 5.78 Å². The number of aliphatic hydroxyl groups excluding tert-OH is 1. The van der Waals surface area contributed by atoms with E-state index >= 15 is 0 Å². The summed E-state index contributed by atoms with van der Waals surface area (Å²) in [5.41, 5.74) is 1.58. The summed E-state index contributed by atoms with van der Waals surface area (Å²) >= 11 is 1.26. The molecule has 1 aliphatic rings. The van der Waals surface area contributed by atoms with Gasteiger partial charge in [-0.05, 0) is 61.9 Å². The first kappa shape index (κ1) is 26.4. The Morgan fingerprint density at radius 3 is 2.59 bits per heavy atom. The number of thiazole rings is 1. The second-order valence-electron chi connectivity index (χ2n) is 9.22. The highest BCUT2D eigenvalue weighted by molar-refractivity contribution is 7.22. The molecule has 1 amide bonds. The molecule has 0 aliphatic carbocycles. The Hall–Kier alpha value is -4.83. The molecule has 0 saturated carbocycles.